The van der Waals surface area contributed by atoms with Crippen LogP contribution in [0.25, 0.3) is 0 Å². The van der Waals surface area contributed by atoms with Gasteiger partial charge in [-0.25, -0.2) is 0 Å². The monoisotopic (exact) mass is 519 g/mol. The zero-order chi connectivity index (χ0) is 23.9. The van der Waals surface area contributed by atoms with E-state index in [2.05, 4.69) is 37.0 Å². The van der Waals surface area contributed by atoms with Gasteiger partial charge >= 0.3 is 0 Å². The molecule has 0 fully saturated rings. The number of benzene rings is 1. The van der Waals surface area contributed by atoms with Gasteiger partial charge in [0.05, 0.1) is 27.6 Å². The van der Waals surface area contributed by atoms with Gasteiger partial charge in [0.1, 0.15) is 5.82 Å². The number of hydrogen-bond acceptors (Lipinski definition) is 8. The molecule has 10 heteroatoms. The predicted octanol–water partition coefficient (Wildman–Crippen LogP) is 6.29. The zero-order valence-corrected chi connectivity index (χ0v) is 21.6. The zero-order valence-electron chi connectivity index (χ0n) is 18.5. The number of thioether (sulfide) groups is 1. The summed E-state index contributed by atoms with van der Waals surface area (Å²) < 4.78 is 0.827. The summed E-state index contributed by atoms with van der Waals surface area (Å²) in [5, 5.41) is 20.1. The third-order valence-electron chi connectivity index (χ3n) is 5.67. The highest BCUT2D eigenvalue weighted by molar-refractivity contribution is 8.01. The molecule has 1 aliphatic carbocycles. The average Bonchev–Trinajstić information content (AvgIpc) is 3.21. The van der Waals surface area contributed by atoms with Gasteiger partial charge in [-0.2, -0.15) is 5.26 Å². The van der Waals surface area contributed by atoms with Crippen LogP contribution in [0, 0.1) is 16.7 Å². The smallest absolute Gasteiger partial charge is 0.219 e. The van der Waals surface area contributed by atoms with E-state index in [1.165, 1.54) is 11.3 Å². The van der Waals surface area contributed by atoms with Gasteiger partial charge in [0.15, 0.2) is 10.1 Å². The maximum atomic E-state index is 13.5. The Morgan fingerprint density at radius 1 is 1.30 bits per heavy atom. The van der Waals surface area contributed by atoms with Crippen molar-refractivity contribution in [3.8, 4) is 6.07 Å². The predicted molar refractivity (Wildman–Crippen MR) is 134 cm³/mol. The van der Waals surface area contributed by atoms with Crippen molar-refractivity contribution in [2.45, 2.75) is 50.3 Å². The molecular formula is C23H23Cl2N5OS2. The van der Waals surface area contributed by atoms with Gasteiger partial charge in [0, 0.05) is 23.4 Å². The summed E-state index contributed by atoms with van der Waals surface area (Å²) in [4.78, 5) is 15.3. The molecule has 33 heavy (non-hydrogen) atoms. The van der Waals surface area contributed by atoms with Gasteiger partial charge in [-0.15, -0.1) is 10.2 Å². The Morgan fingerprint density at radius 2 is 2.06 bits per heavy atom. The van der Waals surface area contributed by atoms with Crippen molar-refractivity contribution >= 4 is 57.2 Å². The van der Waals surface area contributed by atoms with E-state index in [-0.39, 0.29) is 22.6 Å². The van der Waals surface area contributed by atoms with Crippen molar-refractivity contribution in [3.63, 3.8) is 0 Å². The minimum Gasteiger partial charge on any atom is -0.384 e. The summed E-state index contributed by atoms with van der Waals surface area (Å²) in [5.74, 6) is 0.581. The fourth-order valence-electron chi connectivity index (χ4n) is 4.29. The Hall–Kier alpha value is -2.05. The van der Waals surface area contributed by atoms with Crippen molar-refractivity contribution in [1.29, 1.82) is 5.26 Å². The highest BCUT2D eigenvalue weighted by Gasteiger charge is 2.45. The van der Waals surface area contributed by atoms with E-state index < -0.39 is 5.92 Å². The fourth-order valence-corrected chi connectivity index (χ4v) is 6.41. The molecule has 1 aromatic heterocycles. The molecule has 1 aromatic carbocycles. The summed E-state index contributed by atoms with van der Waals surface area (Å²) in [7, 11) is 0. The second kappa shape index (κ2) is 9.30. The van der Waals surface area contributed by atoms with Crippen molar-refractivity contribution in [3.05, 3.63) is 56.5 Å². The maximum Gasteiger partial charge on any atom is 0.219 e. The first kappa shape index (κ1) is 24.1. The Bertz CT molecular complexity index is 1230. The second-order valence-corrected chi connectivity index (χ2v) is 12.0. The number of Topliss-reactive ketones (excluding diaryl/α,β-unsaturated/α-hetero) is 1. The molecule has 2 aliphatic rings. The minimum absolute atomic E-state index is 0.00679. The van der Waals surface area contributed by atoms with Crippen LogP contribution in [0.3, 0.4) is 0 Å². The van der Waals surface area contributed by atoms with E-state index in [0.717, 1.165) is 22.2 Å². The van der Waals surface area contributed by atoms with Crippen LogP contribution in [0.4, 0.5) is 5.13 Å². The first-order chi connectivity index (χ1) is 15.7. The number of ketones is 1. The van der Waals surface area contributed by atoms with Crippen molar-refractivity contribution < 1.29 is 4.79 Å². The molecule has 0 amide bonds. The van der Waals surface area contributed by atoms with E-state index in [1.54, 1.807) is 34.9 Å². The third-order valence-corrected chi connectivity index (χ3v) is 8.66. The van der Waals surface area contributed by atoms with Gasteiger partial charge in [0.2, 0.25) is 5.13 Å². The minimum atomic E-state index is -0.610. The number of halogens is 2. The van der Waals surface area contributed by atoms with E-state index >= 15 is 0 Å². The Balaban J connectivity index is 1.92. The van der Waals surface area contributed by atoms with Gasteiger partial charge in [-0.05, 0) is 36.0 Å². The largest absolute Gasteiger partial charge is 0.384 e. The lowest BCUT2D eigenvalue weighted by Crippen LogP contribution is -2.42. The summed E-state index contributed by atoms with van der Waals surface area (Å²) in [6, 6.07) is 7.43. The molecule has 0 radical (unpaired) electrons. The van der Waals surface area contributed by atoms with Crippen LogP contribution in [0.1, 0.15) is 51.5 Å². The van der Waals surface area contributed by atoms with E-state index in [0.29, 0.717) is 39.2 Å². The molecule has 1 aliphatic heterocycles. The number of allylic oxidation sites excluding steroid dienone is 3. The lowest BCUT2D eigenvalue weighted by Gasteiger charge is -2.42. The standard InChI is InChI=1S/C23H23Cl2N5OS2/c1-4-7-32-22-29-28-21(33-22)30-16-9-23(2,3)10-17(31)19(16)18(13(11-26)20(30)27)12-5-6-14(24)15(25)8-12/h5-6,8,18H,4,7,9-10,27H2,1-3H3. The number of carbonyl (C=O) groups excluding carboxylic acids is 1. The van der Waals surface area contributed by atoms with Crippen LogP contribution in [-0.2, 0) is 4.79 Å². The van der Waals surface area contributed by atoms with E-state index in [4.69, 9.17) is 28.9 Å². The Morgan fingerprint density at radius 3 is 2.73 bits per heavy atom. The molecule has 6 nitrogen and oxygen atoms in total. The second-order valence-electron chi connectivity index (χ2n) is 8.85. The summed E-state index contributed by atoms with van der Waals surface area (Å²) in [6.07, 6.45) is 2.01. The van der Waals surface area contributed by atoms with Crippen molar-refractivity contribution in [1.82, 2.24) is 10.2 Å². The molecule has 0 saturated carbocycles. The van der Waals surface area contributed by atoms with Crippen LogP contribution in [0.15, 0.2) is 45.2 Å². The van der Waals surface area contributed by atoms with E-state index in [9.17, 15) is 10.1 Å². The highest BCUT2D eigenvalue weighted by atomic mass is 35.5. The lowest BCUT2D eigenvalue weighted by atomic mass is 9.69. The Labute approximate surface area is 211 Å². The first-order valence-corrected chi connectivity index (χ1v) is 13.1. The number of rotatable bonds is 5. The van der Waals surface area contributed by atoms with Crippen LogP contribution < -0.4 is 10.6 Å². The quantitative estimate of drug-likeness (QED) is 0.463. The molecular weight excluding hydrogens is 497 g/mol. The molecule has 4 rings (SSSR count). The topological polar surface area (TPSA) is 95.9 Å². The van der Waals surface area contributed by atoms with Crippen LogP contribution >= 0.6 is 46.3 Å². The molecule has 1 atom stereocenters. The molecule has 2 aromatic rings. The molecule has 0 spiro atoms. The van der Waals surface area contributed by atoms with E-state index in [1.807, 2.05) is 0 Å². The molecule has 2 N–H and O–H groups in total. The number of hydrogen-bond donors (Lipinski definition) is 1. The number of aromatic nitrogens is 2. The normalized spacial score (nSPS) is 20.2. The summed E-state index contributed by atoms with van der Waals surface area (Å²) >= 11 is 15.5. The number of nitriles is 1. The first-order valence-electron chi connectivity index (χ1n) is 10.5. The van der Waals surface area contributed by atoms with Crippen LogP contribution in [0.5, 0.6) is 0 Å². The fraction of sp³-hybridized carbons (Fsp3) is 0.391. The summed E-state index contributed by atoms with van der Waals surface area (Å²) in [6.45, 7) is 6.22. The highest BCUT2D eigenvalue weighted by Crippen LogP contribution is 2.51. The van der Waals surface area contributed by atoms with Crippen LogP contribution in [0.2, 0.25) is 10.0 Å². The van der Waals surface area contributed by atoms with Crippen LogP contribution in [-0.4, -0.2) is 21.7 Å². The Kier molecular flexibility index (Phi) is 6.79. The third kappa shape index (κ3) is 4.52. The molecule has 0 saturated heterocycles. The number of anilines is 1. The van der Waals surface area contributed by atoms with Gasteiger partial charge in [-0.1, -0.05) is 73.1 Å². The molecule has 2 heterocycles. The van der Waals surface area contributed by atoms with Gasteiger partial charge in [-0.3, -0.25) is 9.69 Å². The molecule has 172 valence electrons. The number of nitrogens with two attached hydrogens (primary N) is 1. The van der Waals surface area contributed by atoms with Crippen molar-refractivity contribution in [2.24, 2.45) is 11.1 Å². The number of carbonyl (C=O) groups is 1. The maximum absolute atomic E-state index is 13.5. The molecule has 1 unspecified atom stereocenters. The summed E-state index contributed by atoms with van der Waals surface area (Å²) in [5.41, 5.74) is 8.70. The van der Waals surface area contributed by atoms with Gasteiger partial charge < -0.3 is 5.73 Å². The average molecular weight is 521 g/mol. The lowest BCUT2D eigenvalue weighted by molar-refractivity contribution is -0.118. The SMILES string of the molecule is CCCSc1nnc(N2C(N)=C(C#N)C(c3ccc(Cl)c(Cl)c3)C3=C2CC(C)(C)CC3=O)s1. The number of nitrogens with zero attached hydrogens (tertiary/aromatic N) is 4. The van der Waals surface area contributed by atoms with Gasteiger partial charge in [0.25, 0.3) is 0 Å². The van der Waals surface area contributed by atoms with Crippen molar-refractivity contribution in [2.75, 3.05) is 10.7 Å². The molecule has 0 bridgehead atoms.